The van der Waals surface area contributed by atoms with Crippen molar-refractivity contribution in [3.8, 4) is 11.3 Å². The normalized spacial score (nSPS) is 10.9. The van der Waals surface area contributed by atoms with Crippen LogP contribution < -0.4 is 0 Å². The largest absolute Gasteiger partial charge is 0.455 e. The van der Waals surface area contributed by atoms with Gasteiger partial charge in [-0.05, 0) is 30.7 Å². The minimum Gasteiger partial charge on any atom is -0.455 e. The van der Waals surface area contributed by atoms with Crippen molar-refractivity contribution in [2.75, 3.05) is 0 Å². The molecule has 1 aromatic heterocycles. The van der Waals surface area contributed by atoms with E-state index in [0.29, 0.717) is 17.1 Å². The topological polar surface area (TPSA) is 88.9 Å². The van der Waals surface area contributed by atoms with Crippen molar-refractivity contribution in [3.05, 3.63) is 51.8 Å². The quantitative estimate of drug-likeness (QED) is 0.390. The second kappa shape index (κ2) is 4.70. The molecule has 1 heterocycles. The van der Waals surface area contributed by atoms with E-state index < -0.39 is 4.92 Å². The lowest BCUT2D eigenvalue weighted by Crippen LogP contribution is -1.92. The van der Waals surface area contributed by atoms with Gasteiger partial charge in [0.15, 0.2) is 0 Å². The maximum atomic E-state index is 11.0. The van der Waals surface area contributed by atoms with Gasteiger partial charge in [0.2, 0.25) is 0 Å². The van der Waals surface area contributed by atoms with Crippen LogP contribution in [-0.2, 0) is 0 Å². The van der Waals surface area contributed by atoms with Gasteiger partial charge in [0.05, 0.1) is 10.5 Å². The lowest BCUT2D eigenvalue weighted by Gasteiger charge is -2.00. The number of nitrogens with zero attached hydrogens (tertiary/aromatic N) is 2. The van der Waals surface area contributed by atoms with Crippen LogP contribution in [0.4, 0.5) is 5.69 Å². The average Bonchev–Trinajstić information content (AvgIpc) is 2.78. The summed E-state index contributed by atoms with van der Waals surface area (Å²) in [6.45, 7) is 1.78. The van der Waals surface area contributed by atoms with Crippen LogP contribution in [0.5, 0.6) is 0 Å². The zero-order valence-electron chi connectivity index (χ0n) is 9.53. The second-order valence-electron chi connectivity index (χ2n) is 3.72. The molecule has 2 aromatic rings. The lowest BCUT2D eigenvalue weighted by molar-refractivity contribution is -0.384. The molecule has 2 rings (SSSR count). The minimum absolute atomic E-state index is 0.0168. The zero-order chi connectivity index (χ0) is 13.1. The summed E-state index contributed by atoms with van der Waals surface area (Å²) in [6.07, 6.45) is 1.11. The zero-order valence-corrected chi connectivity index (χ0v) is 9.53. The van der Waals surface area contributed by atoms with E-state index in [1.807, 2.05) is 0 Å². The van der Waals surface area contributed by atoms with Gasteiger partial charge in [-0.25, -0.2) is 0 Å². The van der Waals surface area contributed by atoms with Gasteiger partial charge in [-0.1, -0.05) is 11.2 Å². The Kier molecular flexibility index (Phi) is 3.09. The summed E-state index contributed by atoms with van der Waals surface area (Å²) >= 11 is 0. The molecule has 6 nitrogen and oxygen atoms in total. The van der Waals surface area contributed by atoms with Gasteiger partial charge in [0.25, 0.3) is 5.69 Å². The van der Waals surface area contributed by atoms with E-state index in [1.54, 1.807) is 31.2 Å². The van der Waals surface area contributed by atoms with Crippen LogP contribution in [-0.4, -0.2) is 16.3 Å². The van der Waals surface area contributed by atoms with Crippen LogP contribution in [0.2, 0.25) is 0 Å². The highest BCUT2D eigenvalue weighted by atomic mass is 16.6. The number of nitro benzene ring substituents is 1. The van der Waals surface area contributed by atoms with E-state index in [4.69, 9.17) is 9.62 Å². The fraction of sp³-hybridized carbons (Fsp3) is 0.0833. The molecule has 0 atom stereocenters. The molecule has 0 radical (unpaired) electrons. The van der Waals surface area contributed by atoms with E-state index in [1.165, 1.54) is 6.07 Å². The van der Waals surface area contributed by atoms with Crippen LogP contribution in [0.3, 0.4) is 0 Å². The summed E-state index contributed by atoms with van der Waals surface area (Å²) in [5, 5.41) is 22.2. The van der Waals surface area contributed by atoms with Gasteiger partial charge in [0, 0.05) is 6.07 Å². The maximum absolute atomic E-state index is 11.0. The molecule has 1 aromatic carbocycles. The molecule has 0 unspecified atom stereocenters. The Morgan fingerprint density at radius 2 is 2.17 bits per heavy atom. The fourth-order valence-electron chi connectivity index (χ4n) is 1.62. The second-order valence-corrected chi connectivity index (χ2v) is 3.72. The number of rotatable bonds is 3. The molecule has 0 saturated carbocycles. The third-order valence-electron chi connectivity index (χ3n) is 2.43. The Morgan fingerprint density at radius 1 is 1.39 bits per heavy atom. The number of furan rings is 1. The Bertz CT molecular complexity index is 616. The number of hydrogen-bond acceptors (Lipinski definition) is 5. The van der Waals surface area contributed by atoms with Gasteiger partial charge >= 0.3 is 0 Å². The summed E-state index contributed by atoms with van der Waals surface area (Å²) in [5.41, 5.74) is 1.18. The van der Waals surface area contributed by atoms with Crippen molar-refractivity contribution < 1.29 is 14.5 Å². The Morgan fingerprint density at radius 3 is 2.83 bits per heavy atom. The van der Waals surface area contributed by atoms with E-state index in [-0.39, 0.29) is 5.69 Å². The van der Waals surface area contributed by atoms with Crippen LogP contribution in [0.1, 0.15) is 11.3 Å². The van der Waals surface area contributed by atoms with Gasteiger partial charge < -0.3 is 9.62 Å². The molecule has 92 valence electrons. The molecule has 0 aliphatic heterocycles. The average molecular weight is 246 g/mol. The number of hydrogen-bond donors (Lipinski definition) is 1. The SMILES string of the molecule is Cc1ccc(-c2ccc(/C=N/O)o2)c([N+](=O)[O-])c1. The third-order valence-corrected chi connectivity index (χ3v) is 2.43. The highest BCUT2D eigenvalue weighted by molar-refractivity contribution is 5.78. The first-order valence-electron chi connectivity index (χ1n) is 5.14. The summed E-state index contributed by atoms with van der Waals surface area (Å²) in [6, 6.07) is 8.04. The number of oxime groups is 1. The summed E-state index contributed by atoms with van der Waals surface area (Å²) < 4.78 is 5.33. The van der Waals surface area contributed by atoms with Gasteiger partial charge in [-0.15, -0.1) is 0 Å². The fourth-order valence-corrected chi connectivity index (χ4v) is 1.62. The lowest BCUT2D eigenvalue weighted by atomic mass is 10.1. The number of benzene rings is 1. The summed E-state index contributed by atoms with van der Waals surface area (Å²) in [7, 11) is 0. The molecule has 0 amide bonds. The Hall–Kier alpha value is -2.63. The first-order valence-corrected chi connectivity index (χ1v) is 5.14. The molecule has 0 saturated heterocycles. The highest BCUT2D eigenvalue weighted by Crippen LogP contribution is 2.31. The first-order chi connectivity index (χ1) is 8.61. The van der Waals surface area contributed by atoms with Gasteiger partial charge in [-0.3, -0.25) is 10.1 Å². The minimum atomic E-state index is -0.454. The Balaban J connectivity index is 2.52. The maximum Gasteiger partial charge on any atom is 0.280 e. The standard InChI is InChI=1S/C12H10N2O4/c1-8-2-4-10(11(6-8)14(16)17)12-5-3-9(18-12)7-13-15/h2-7,15H,1H3/b13-7+. The van der Waals surface area contributed by atoms with E-state index in [2.05, 4.69) is 5.16 Å². The molecule has 0 aliphatic rings. The summed E-state index contributed by atoms with van der Waals surface area (Å²) in [5.74, 6) is 0.680. The predicted octanol–water partition coefficient (Wildman–Crippen LogP) is 2.97. The van der Waals surface area contributed by atoms with Crippen LogP contribution in [0.15, 0.2) is 39.9 Å². The van der Waals surface area contributed by atoms with E-state index in [9.17, 15) is 10.1 Å². The molecule has 0 spiro atoms. The molecule has 0 aliphatic carbocycles. The highest BCUT2D eigenvalue weighted by Gasteiger charge is 2.17. The monoisotopic (exact) mass is 246 g/mol. The first kappa shape index (κ1) is 11.8. The molecule has 0 fully saturated rings. The van der Waals surface area contributed by atoms with Crippen molar-refractivity contribution >= 4 is 11.9 Å². The van der Waals surface area contributed by atoms with Crippen molar-refractivity contribution in [1.29, 1.82) is 0 Å². The molecule has 0 bridgehead atoms. The van der Waals surface area contributed by atoms with Gasteiger partial charge in [-0.2, -0.15) is 0 Å². The summed E-state index contributed by atoms with van der Waals surface area (Å²) in [4.78, 5) is 10.5. The van der Waals surface area contributed by atoms with Crippen molar-refractivity contribution in [2.24, 2.45) is 5.16 Å². The molecule has 1 N–H and O–H groups in total. The smallest absolute Gasteiger partial charge is 0.280 e. The van der Waals surface area contributed by atoms with Crippen LogP contribution in [0.25, 0.3) is 11.3 Å². The van der Waals surface area contributed by atoms with Crippen LogP contribution in [0, 0.1) is 17.0 Å². The van der Waals surface area contributed by atoms with Crippen LogP contribution >= 0.6 is 0 Å². The number of nitro groups is 1. The molecular weight excluding hydrogens is 236 g/mol. The van der Waals surface area contributed by atoms with Crippen molar-refractivity contribution in [2.45, 2.75) is 6.92 Å². The Labute approximate surface area is 102 Å². The van der Waals surface area contributed by atoms with Crippen molar-refractivity contribution in [1.82, 2.24) is 0 Å². The van der Waals surface area contributed by atoms with Crippen molar-refractivity contribution in [3.63, 3.8) is 0 Å². The molecular formula is C12H10N2O4. The van der Waals surface area contributed by atoms with E-state index in [0.717, 1.165) is 11.8 Å². The number of aryl methyl sites for hydroxylation is 1. The third kappa shape index (κ3) is 2.22. The molecule has 6 heteroatoms. The van der Waals surface area contributed by atoms with Gasteiger partial charge in [0.1, 0.15) is 17.7 Å². The molecule has 18 heavy (non-hydrogen) atoms. The predicted molar refractivity (Wildman–Crippen MR) is 64.9 cm³/mol. The van der Waals surface area contributed by atoms with E-state index >= 15 is 0 Å².